The van der Waals surface area contributed by atoms with Crippen LogP contribution >= 0.6 is 11.8 Å². The van der Waals surface area contributed by atoms with Crippen molar-refractivity contribution in [2.75, 3.05) is 45.3 Å². The second-order valence-electron chi connectivity index (χ2n) is 6.81. The summed E-state index contributed by atoms with van der Waals surface area (Å²) in [5.74, 6) is 0.401. The van der Waals surface area contributed by atoms with Gasteiger partial charge in [0.05, 0.1) is 18.1 Å². The van der Waals surface area contributed by atoms with Gasteiger partial charge in [0.15, 0.2) is 5.16 Å². The lowest BCUT2D eigenvalue weighted by Gasteiger charge is -2.28. The molecule has 1 aliphatic rings. The largest absolute Gasteiger partial charge is 0.406 e. The predicted molar refractivity (Wildman–Crippen MR) is 106 cm³/mol. The standard InChI is InChI=1S/C17H22F3N5O3S2/c1-23(2)30(26,27)14-5-3-4-13(10-14)11-29-16-22-21-15(24-6-8-28-9-7-24)25(16)12-17(18,19)20/h3-5,10H,6-9,11-12H2,1-2H3. The first kappa shape index (κ1) is 22.8. The van der Waals surface area contributed by atoms with Crippen LogP contribution in [0.5, 0.6) is 0 Å². The first-order chi connectivity index (χ1) is 14.1. The highest BCUT2D eigenvalue weighted by atomic mass is 32.2. The molecule has 2 heterocycles. The third-order valence-electron chi connectivity index (χ3n) is 4.37. The Morgan fingerprint density at radius 2 is 1.90 bits per heavy atom. The number of rotatable bonds is 7. The first-order valence-corrected chi connectivity index (χ1v) is 11.5. The van der Waals surface area contributed by atoms with Gasteiger partial charge in [-0.25, -0.2) is 12.7 Å². The van der Waals surface area contributed by atoms with E-state index in [4.69, 9.17) is 4.74 Å². The number of nitrogens with zero attached hydrogens (tertiary/aromatic N) is 5. The fourth-order valence-corrected chi connectivity index (χ4v) is 4.71. The van der Waals surface area contributed by atoms with E-state index in [1.807, 2.05) is 0 Å². The number of alkyl halides is 3. The smallest absolute Gasteiger partial charge is 0.378 e. The maximum Gasteiger partial charge on any atom is 0.406 e. The van der Waals surface area contributed by atoms with Gasteiger partial charge in [0.1, 0.15) is 6.54 Å². The van der Waals surface area contributed by atoms with E-state index in [0.29, 0.717) is 31.9 Å². The lowest BCUT2D eigenvalue weighted by atomic mass is 10.2. The maximum absolute atomic E-state index is 13.2. The zero-order valence-electron chi connectivity index (χ0n) is 16.5. The summed E-state index contributed by atoms with van der Waals surface area (Å²) in [7, 11) is -0.733. The normalized spacial score (nSPS) is 15.7. The Balaban J connectivity index is 1.82. The van der Waals surface area contributed by atoms with Crippen LogP contribution in [0.25, 0.3) is 0 Å². The maximum atomic E-state index is 13.2. The molecule has 0 radical (unpaired) electrons. The number of aromatic nitrogens is 3. The number of hydrogen-bond acceptors (Lipinski definition) is 7. The van der Waals surface area contributed by atoms with Crippen LogP contribution in [0.2, 0.25) is 0 Å². The van der Waals surface area contributed by atoms with Gasteiger partial charge in [-0.15, -0.1) is 10.2 Å². The van der Waals surface area contributed by atoms with Crippen molar-refractivity contribution in [1.82, 2.24) is 19.1 Å². The van der Waals surface area contributed by atoms with Crippen molar-refractivity contribution in [1.29, 1.82) is 0 Å². The Hall–Kier alpha value is -1.83. The van der Waals surface area contributed by atoms with Crippen molar-refractivity contribution >= 4 is 27.7 Å². The highest BCUT2D eigenvalue weighted by Gasteiger charge is 2.32. The molecule has 1 aromatic carbocycles. The lowest BCUT2D eigenvalue weighted by Crippen LogP contribution is -2.38. The van der Waals surface area contributed by atoms with E-state index >= 15 is 0 Å². The second kappa shape index (κ2) is 9.12. The van der Waals surface area contributed by atoms with Gasteiger partial charge < -0.3 is 9.64 Å². The van der Waals surface area contributed by atoms with Crippen molar-refractivity contribution in [3.05, 3.63) is 29.8 Å². The Morgan fingerprint density at radius 3 is 2.53 bits per heavy atom. The average molecular weight is 466 g/mol. The van der Waals surface area contributed by atoms with E-state index in [2.05, 4.69) is 10.2 Å². The van der Waals surface area contributed by atoms with E-state index < -0.39 is 22.7 Å². The molecule has 0 amide bonds. The van der Waals surface area contributed by atoms with Gasteiger partial charge >= 0.3 is 6.18 Å². The van der Waals surface area contributed by atoms with E-state index in [-0.39, 0.29) is 21.8 Å². The van der Waals surface area contributed by atoms with Crippen LogP contribution in [-0.4, -0.2) is 74.1 Å². The Morgan fingerprint density at radius 1 is 1.20 bits per heavy atom. The first-order valence-electron chi connectivity index (χ1n) is 9.05. The highest BCUT2D eigenvalue weighted by molar-refractivity contribution is 7.98. The van der Waals surface area contributed by atoms with Crippen LogP contribution in [0.3, 0.4) is 0 Å². The minimum absolute atomic E-state index is 0.120. The van der Waals surface area contributed by atoms with Gasteiger partial charge in [0, 0.05) is 32.9 Å². The number of ether oxygens (including phenoxy) is 1. The van der Waals surface area contributed by atoms with E-state index in [1.165, 1.54) is 26.2 Å². The molecular formula is C17H22F3N5O3S2. The van der Waals surface area contributed by atoms with Gasteiger partial charge in [-0.3, -0.25) is 4.57 Å². The van der Waals surface area contributed by atoms with E-state index in [1.54, 1.807) is 17.0 Å². The third kappa shape index (κ3) is 5.45. The van der Waals surface area contributed by atoms with Crippen molar-refractivity contribution < 1.29 is 26.3 Å². The summed E-state index contributed by atoms with van der Waals surface area (Å²) >= 11 is 1.08. The van der Waals surface area contributed by atoms with Gasteiger partial charge in [-0.05, 0) is 17.7 Å². The van der Waals surface area contributed by atoms with Gasteiger partial charge in [0.2, 0.25) is 16.0 Å². The van der Waals surface area contributed by atoms with Crippen molar-refractivity contribution in [3.63, 3.8) is 0 Å². The van der Waals surface area contributed by atoms with Crippen molar-refractivity contribution in [2.24, 2.45) is 0 Å². The summed E-state index contributed by atoms with van der Waals surface area (Å²) in [5, 5.41) is 8.05. The zero-order valence-corrected chi connectivity index (χ0v) is 18.1. The molecule has 0 saturated carbocycles. The molecule has 1 aromatic heterocycles. The second-order valence-corrected chi connectivity index (χ2v) is 9.90. The molecule has 1 aliphatic heterocycles. The van der Waals surface area contributed by atoms with Crippen LogP contribution in [0.4, 0.5) is 19.1 Å². The molecule has 8 nitrogen and oxygen atoms in total. The monoisotopic (exact) mass is 465 g/mol. The van der Waals surface area contributed by atoms with E-state index in [9.17, 15) is 21.6 Å². The van der Waals surface area contributed by atoms with Crippen molar-refractivity contribution in [2.45, 2.75) is 28.5 Å². The molecule has 0 N–H and O–H groups in total. The summed E-state index contributed by atoms with van der Waals surface area (Å²) in [5.41, 5.74) is 0.650. The predicted octanol–water partition coefficient (Wildman–Crippen LogP) is 2.22. The van der Waals surface area contributed by atoms with Crippen molar-refractivity contribution in [3.8, 4) is 0 Å². The summed E-state index contributed by atoms with van der Waals surface area (Å²) < 4.78 is 71.5. The summed E-state index contributed by atoms with van der Waals surface area (Å²) in [6, 6.07) is 6.31. The number of hydrogen-bond donors (Lipinski definition) is 0. The quantitative estimate of drug-likeness (QED) is 0.580. The molecule has 0 bridgehead atoms. The molecule has 2 aromatic rings. The van der Waals surface area contributed by atoms with E-state index in [0.717, 1.165) is 20.6 Å². The Labute approximate surface area is 177 Å². The number of morpholine rings is 1. The Bertz CT molecular complexity index is 973. The third-order valence-corrected chi connectivity index (χ3v) is 7.22. The molecule has 13 heteroatoms. The molecular weight excluding hydrogens is 443 g/mol. The minimum atomic E-state index is -4.43. The number of thioether (sulfide) groups is 1. The van der Waals surface area contributed by atoms with Gasteiger partial charge in [-0.2, -0.15) is 13.2 Å². The molecule has 0 atom stereocenters. The molecule has 0 aliphatic carbocycles. The highest BCUT2D eigenvalue weighted by Crippen LogP contribution is 2.30. The number of benzene rings is 1. The fraction of sp³-hybridized carbons (Fsp3) is 0.529. The van der Waals surface area contributed by atoms with Crippen LogP contribution in [0, 0.1) is 0 Å². The SMILES string of the molecule is CN(C)S(=O)(=O)c1cccc(CSc2nnc(N3CCOCC3)n2CC(F)(F)F)c1. The summed E-state index contributed by atoms with van der Waals surface area (Å²) in [6.07, 6.45) is -4.43. The average Bonchev–Trinajstić information content (AvgIpc) is 3.08. The van der Waals surface area contributed by atoms with Crippen LogP contribution in [0.1, 0.15) is 5.56 Å². The molecule has 0 spiro atoms. The molecule has 1 fully saturated rings. The zero-order chi connectivity index (χ0) is 21.9. The molecule has 166 valence electrons. The summed E-state index contributed by atoms with van der Waals surface area (Å²) in [6.45, 7) is 0.489. The fourth-order valence-electron chi connectivity index (χ4n) is 2.86. The van der Waals surface area contributed by atoms with Crippen LogP contribution in [-0.2, 0) is 27.1 Å². The van der Waals surface area contributed by atoms with Gasteiger partial charge in [0.25, 0.3) is 0 Å². The van der Waals surface area contributed by atoms with Gasteiger partial charge in [-0.1, -0.05) is 23.9 Å². The number of halogens is 3. The molecule has 30 heavy (non-hydrogen) atoms. The Kier molecular flexibility index (Phi) is 6.95. The number of anilines is 1. The lowest BCUT2D eigenvalue weighted by molar-refractivity contribution is -0.141. The topological polar surface area (TPSA) is 80.6 Å². The van der Waals surface area contributed by atoms with Crippen LogP contribution < -0.4 is 4.90 Å². The molecule has 3 rings (SSSR count). The molecule has 1 saturated heterocycles. The van der Waals surface area contributed by atoms with Crippen LogP contribution in [0.15, 0.2) is 34.3 Å². The molecule has 0 unspecified atom stereocenters. The summed E-state index contributed by atoms with van der Waals surface area (Å²) in [4.78, 5) is 1.84. The minimum Gasteiger partial charge on any atom is -0.378 e. The number of sulfonamides is 1.